The van der Waals surface area contributed by atoms with E-state index in [2.05, 4.69) is 219 Å². The van der Waals surface area contributed by atoms with Crippen LogP contribution in [0.2, 0.25) is 0 Å². The van der Waals surface area contributed by atoms with Crippen molar-refractivity contribution in [3.8, 4) is 11.1 Å². The maximum absolute atomic E-state index is 6.77. The molecular weight excluding hydrogens is 763 g/mol. The molecule has 0 saturated carbocycles. The Morgan fingerprint density at radius 2 is 1.16 bits per heavy atom. The summed E-state index contributed by atoms with van der Waals surface area (Å²) in [5.74, 6) is 0. The van der Waals surface area contributed by atoms with Crippen LogP contribution in [0.15, 0.2) is 138 Å². The number of fused-ring (bicyclic) bond motifs is 9. The van der Waals surface area contributed by atoms with Crippen molar-refractivity contribution in [3.63, 3.8) is 0 Å². The number of para-hydroxylation sites is 1. The lowest BCUT2D eigenvalue weighted by atomic mass is 9.33. The second-order valence-electron chi connectivity index (χ2n) is 22.2. The smallest absolute Gasteiger partial charge is 0.252 e. The highest BCUT2D eigenvalue weighted by molar-refractivity contribution is 7.00. The fourth-order valence-electron chi connectivity index (χ4n) is 11.2. The maximum Gasteiger partial charge on any atom is 0.252 e. The van der Waals surface area contributed by atoms with Crippen molar-refractivity contribution in [3.05, 3.63) is 161 Å². The van der Waals surface area contributed by atoms with Crippen molar-refractivity contribution in [2.24, 2.45) is 0 Å². The summed E-state index contributed by atoms with van der Waals surface area (Å²) in [6.07, 6.45) is 2.32. The van der Waals surface area contributed by atoms with E-state index >= 15 is 0 Å². The molecule has 1 aromatic heterocycles. The summed E-state index contributed by atoms with van der Waals surface area (Å²) in [5, 5.41) is 2.31. The van der Waals surface area contributed by atoms with Gasteiger partial charge in [-0.2, -0.15) is 0 Å². The first-order valence-electron chi connectivity index (χ1n) is 23.1. The van der Waals surface area contributed by atoms with Crippen LogP contribution >= 0.6 is 0 Å². The van der Waals surface area contributed by atoms with Crippen LogP contribution in [-0.2, 0) is 21.7 Å². The number of furan rings is 1. The van der Waals surface area contributed by atoms with Crippen molar-refractivity contribution in [1.82, 2.24) is 0 Å². The first kappa shape index (κ1) is 39.8. The minimum atomic E-state index is -0.0300. The Labute approximate surface area is 374 Å². The Morgan fingerprint density at radius 3 is 1.84 bits per heavy atom. The number of hydrogen-bond donors (Lipinski definition) is 0. The first-order valence-corrected chi connectivity index (χ1v) is 23.1. The Kier molecular flexibility index (Phi) is 8.54. The van der Waals surface area contributed by atoms with Gasteiger partial charge in [0.05, 0.1) is 16.8 Å². The molecule has 0 radical (unpaired) electrons. The molecule has 0 unspecified atom stereocenters. The van der Waals surface area contributed by atoms with Gasteiger partial charge in [-0.3, -0.25) is 0 Å². The lowest BCUT2D eigenvalue weighted by Gasteiger charge is -2.47. The monoisotopic (exact) mass is 822 g/mol. The van der Waals surface area contributed by atoms with Crippen molar-refractivity contribution >= 4 is 79.2 Å². The van der Waals surface area contributed by atoms with Crippen LogP contribution in [0.1, 0.15) is 110 Å². The van der Waals surface area contributed by atoms with Gasteiger partial charge >= 0.3 is 0 Å². The highest BCUT2D eigenvalue weighted by atomic mass is 16.3. The van der Waals surface area contributed by atoms with Crippen LogP contribution in [0.4, 0.5) is 34.1 Å². The summed E-state index contributed by atoms with van der Waals surface area (Å²) in [6.45, 7) is 26.0. The van der Waals surface area contributed by atoms with Gasteiger partial charge in [0.2, 0.25) is 0 Å². The van der Waals surface area contributed by atoms with E-state index in [1.54, 1.807) is 0 Å². The van der Waals surface area contributed by atoms with E-state index in [9.17, 15) is 0 Å². The van der Waals surface area contributed by atoms with Gasteiger partial charge in [0.15, 0.2) is 0 Å². The molecule has 63 heavy (non-hydrogen) atoms. The van der Waals surface area contributed by atoms with Gasteiger partial charge in [-0.1, -0.05) is 148 Å². The molecular formula is C59H59BN2O. The van der Waals surface area contributed by atoms with E-state index in [4.69, 9.17) is 4.42 Å². The molecule has 0 saturated heterocycles. The molecule has 8 aromatic rings. The normalized spacial score (nSPS) is 16.2. The number of rotatable bonds is 3. The SMILES string of the molecule is Cc1cc2c3c(c1)N(c1ccc(C(C)(C)C)cc1-c1ccccc1)c1c(ccc4oc5ccccc5c14)B3c1cc3c(cc1N2c1ccc(C(C)(C)C)cc1)C(C)(C)CCC3(C)C. The first-order chi connectivity index (χ1) is 29.9. The number of nitrogens with zero attached hydrogens (tertiary/aromatic N) is 2. The third-order valence-corrected chi connectivity index (χ3v) is 14.9. The van der Waals surface area contributed by atoms with E-state index in [-0.39, 0.29) is 28.4 Å². The number of anilines is 6. The zero-order chi connectivity index (χ0) is 44.0. The Morgan fingerprint density at radius 1 is 0.540 bits per heavy atom. The standard InChI is InChI=1S/C59H59BN2O/c1-36-31-49-54-50(32-36)62(47-27-23-39(57(5,6)7)33-42(47)37-17-13-12-14-18-37)55-45(26-28-52-53(55)41-19-15-16-20-51(41)63-52)60(54)46-34-43-44(59(10,11)30-29-58(43,8)9)35-48(46)61(49)40-24-21-38(22-25-40)56(2,3)4/h12-28,31-35H,29-30H2,1-11H3. The molecule has 0 atom stereocenters. The summed E-state index contributed by atoms with van der Waals surface area (Å²) in [4.78, 5) is 5.23. The molecule has 2 aliphatic heterocycles. The van der Waals surface area contributed by atoms with Crippen LogP contribution in [0.3, 0.4) is 0 Å². The number of benzene rings is 7. The molecule has 314 valence electrons. The predicted molar refractivity (Wildman–Crippen MR) is 271 cm³/mol. The molecule has 11 rings (SSSR count). The average molecular weight is 823 g/mol. The molecule has 0 fully saturated rings. The molecule has 4 heteroatoms. The Hall–Kier alpha value is -6.00. The van der Waals surface area contributed by atoms with Crippen LogP contribution in [0.5, 0.6) is 0 Å². The quantitative estimate of drug-likeness (QED) is 0.166. The summed E-state index contributed by atoms with van der Waals surface area (Å²) in [6, 6.07) is 51.0. The van der Waals surface area contributed by atoms with E-state index < -0.39 is 0 Å². The molecule has 3 aliphatic rings. The third kappa shape index (κ3) is 6.07. The van der Waals surface area contributed by atoms with Crippen molar-refractivity contribution in [2.75, 3.05) is 9.80 Å². The minimum absolute atomic E-state index is 0.0137. The summed E-state index contributed by atoms with van der Waals surface area (Å²) < 4.78 is 6.77. The lowest BCUT2D eigenvalue weighted by Crippen LogP contribution is -2.62. The van der Waals surface area contributed by atoms with Crippen molar-refractivity contribution in [2.45, 2.75) is 111 Å². The fourth-order valence-corrected chi connectivity index (χ4v) is 11.2. The molecule has 0 bridgehead atoms. The highest BCUT2D eigenvalue weighted by Gasteiger charge is 2.47. The average Bonchev–Trinajstić information content (AvgIpc) is 3.63. The Bertz CT molecular complexity index is 3160. The molecule has 0 amide bonds. The molecule has 3 nitrogen and oxygen atoms in total. The largest absolute Gasteiger partial charge is 0.456 e. The van der Waals surface area contributed by atoms with Crippen LogP contribution in [-0.4, -0.2) is 6.71 Å². The Balaban J connectivity index is 1.30. The van der Waals surface area contributed by atoms with E-state index in [0.717, 1.165) is 34.8 Å². The zero-order valence-electron chi connectivity index (χ0n) is 39.0. The van der Waals surface area contributed by atoms with Crippen LogP contribution in [0.25, 0.3) is 33.1 Å². The number of hydrogen-bond acceptors (Lipinski definition) is 3. The highest BCUT2D eigenvalue weighted by Crippen LogP contribution is 2.53. The molecule has 0 N–H and O–H groups in total. The summed E-state index contributed by atoms with van der Waals surface area (Å²) >= 11 is 0. The van der Waals surface area contributed by atoms with Gasteiger partial charge in [-0.05, 0) is 146 Å². The van der Waals surface area contributed by atoms with Gasteiger partial charge in [0.25, 0.3) is 6.71 Å². The van der Waals surface area contributed by atoms with E-state index in [0.29, 0.717) is 0 Å². The lowest BCUT2D eigenvalue weighted by molar-refractivity contribution is 0.332. The van der Waals surface area contributed by atoms with Gasteiger partial charge in [0.1, 0.15) is 11.2 Å². The second kappa shape index (κ2) is 13.5. The van der Waals surface area contributed by atoms with Gasteiger partial charge in [-0.15, -0.1) is 0 Å². The number of aryl methyl sites for hydroxylation is 1. The zero-order valence-corrected chi connectivity index (χ0v) is 39.0. The topological polar surface area (TPSA) is 19.6 Å². The van der Waals surface area contributed by atoms with E-state index in [1.165, 1.54) is 89.5 Å². The maximum atomic E-state index is 6.77. The second-order valence-corrected chi connectivity index (χ2v) is 22.2. The molecule has 1 aliphatic carbocycles. The van der Waals surface area contributed by atoms with Gasteiger partial charge < -0.3 is 14.2 Å². The van der Waals surface area contributed by atoms with Crippen molar-refractivity contribution < 1.29 is 4.42 Å². The molecule has 0 spiro atoms. The fraction of sp³-hybridized carbons (Fsp3) is 0.288. The van der Waals surface area contributed by atoms with Crippen LogP contribution < -0.4 is 26.2 Å². The summed E-state index contributed by atoms with van der Waals surface area (Å²) in [5.41, 5.74) is 22.6. The van der Waals surface area contributed by atoms with Crippen molar-refractivity contribution in [1.29, 1.82) is 0 Å². The van der Waals surface area contributed by atoms with Gasteiger partial charge in [0, 0.05) is 33.7 Å². The third-order valence-electron chi connectivity index (χ3n) is 14.9. The van der Waals surface area contributed by atoms with Crippen LogP contribution in [0, 0.1) is 6.92 Å². The summed E-state index contributed by atoms with van der Waals surface area (Å²) in [7, 11) is 0. The molecule has 7 aromatic carbocycles. The van der Waals surface area contributed by atoms with E-state index in [1.807, 2.05) is 0 Å². The minimum Gasteiger partial charge on any atom is -0.456 e. The van der Waals surface area contributed by atoms with Gasteiger partial charge in [-0.25, -0.2) is 0 Å². The molecule has 3 heterocycles. The predicted octanol–water partition coefficient (Wildman–Crippen LogP) is 14.6.